The molecule has 0 amide bonds. The average molecular weight is 238 g/mol. The summed E-state index contributed by atoms with van der Waals surface area (Å²) in [6.07, 6.45) is -1.78. The smallest absolute Gasteiger partial charge is 0.184 e. The number of benzene rings is 1. The molecule has 1 aromatic carbocycles. The van der Waals surface area contributed by atoms with E-state index in [1.54, 1.807) is 31.4 Å². The first kappa shape index (κ1) is 12.0. The van der Waals surface area contributed by atoms with E-state index >= 15 is 0 Å². The molecule has 0 spiro atoms. The van der Waals surface area contributed by atoms with E-state index in [0.29, 0.717) is 6.29 Å². The van der Waals surface area contributed by atoms with Crippen LogP contribution in [0.4, 0.5) is 0 Å². The normalized spacial score (nSPS) is 28.7. The number of carbonyl (C=O) groups excluding carboxylic acids is 1. The number of aldehydes is 1. The molecule has 1 fully saturated rings. The highest BCUT2D eigenvalue weighted by molar-refractivity contribution is 5.57. The lowest BCUT2D eigenvalue weighted by Crippen LogP contribution is -2.41. The Balaban J connectivity index is 2.09. The molecule has 0 bridgehead atoms. The quantitative estimate of drug-likeness (QED) is 0.784. The van der Waals surface area contributed by atoms with Gasteiger partial charge in [0.05, 0.1) is 13.7 Å². The Kier molecular flexibility index (Phi) is 3.73. The van der Waals surface area contributed by atoms with Crippen LogP contribution in [-0.4, -0.2) is 37.3 Å². The molecule has 0 unspecified atom stereocenters. The summed E-state index contributed by atoms with van der Waals surface area (Å²) in [6.45, 7) is 0.0834. The van der Waals surface area contributed by atoms with Crippen LogP contribution in [0.5, 0.6) is 5.75 Å². The van der Waals surface area contributed by atoms with Gasteiger partial charge in [-0.05, 0) is 12.1 Å². The molecular weight excluding hydrogens is 224 g/mol. The standard InChI is InChI=1S/C12H14O5/c1-15-9-4-2-8(3-5-9)12-16-7-10(14)11(6-13)17-12/h2-6,10-12,14H,7H2,1H3/t10-,11+,12-/m1/s1. The first-order valence-electron chi connectivity index (χ1n) is 5.29. The van der Waals surface area contributed by atoms with Crippen molar-refractivity contribution in [3.8, 4) is 5.75 Å². The summed E-state index contributed by atoms with van der Waals surface area (Å²) in [5.74, 6) is 0.733. The average Bonchev–Trinajstić information content (AvgIpc) is 2.39. The summed E-state index contributed by atoms with van der Waals surface area (Å²) in [5, 5.41) is 9.41. The van der Waals surface area contributed by atoms with Crippen molar-refractivity contribution < 1.29 is 24.1 Å². The minimum absolute atomic E-state index is 0.0834. The summed E-state index contributed by atoms with van der Waals surface area (Å²) in [4.78, 5) is 10.7. The predicted molar refractivity (Wildman–Crippen MR) is 58.6 cm³/mol. The Morgan fingerprint density at radius 1 is 1.41 bits per heavy atom. The molecule has 2 rings (SSSR count). The molecule has 0 aromatic heterocycles. The number of aliphatic hydroxyl groups excluding tert-OH is 1. The van der Waals surface area contributed by atoms with Crippen LogP contribution < -0.4 is 4.74 Å². The maximum absolute atomic E-state index is 10.7. The third kappa shape index (κ3) is 2.63. The fourth-order valence-corrected chi connectivity index (χ4v) is 1.61. The van der Waals surface area contributed by atoms with Crippen LogP contribution in [0, 0.1) is 0 Å². The van der Waals surface area contributed by atoms with Gasteiger partial charge >= 0.3 is 0 Å². The fourth-order valence-electron chi connectivity index (χ4n) is 1.61. The fraction of sp³-hybridized carbons (Fsp3) is 0.417. The number of carbonyl (C=O) groups is 1. The number of rotatable bonds is 3. The molecule has 1 saturated heterocycles. The van der Waals surface area contributed by atoms with Crippen molar-refractivity contribution in [2.24, 2.45) is 0 Å². The summed E-state index contributed by atoms with van der Waals surface area (Å²) < 4.78 is 15.7. The Hall–Kier alpha value is -1.43. The zero-order valence-electron chi connectivity index (χ0n) is 9.41. The van der Waals surface area contributed by atoms with Crippen LogP contribution in [0.3, 0.4) is 0 Å². The van der Waals surface area contributed by atoms with E-state index in [4.69, 9.17) is 14.2 Å². The van der Waals surface area contributed by atoms with Crippen molar-refractivity contribution in [3.05, 3.63) is 29.8 Å². The summed E-state index contributed by atoms with van der Waals surface area (Å²) in [5.41, 5.74) is 0.782. The molecule has 5 nitrogen and oxygen atoms in total. The van der Waals surface area contributed by atoms with E-state index in [-0.39, 0.29) is 6.61 Å². The van der Waals surface area contributed by atoms with E-state index in [0.717, 1.165) is 11.3 Å². The van der Waals surface area contributed by atoms with Gasteiger partial charge in [-0.3, -0.25) is 0 Å². The van der Waals surface area contributed by atoms with Gasteiger partial charge in [0, 0.05) is 5.56 Å². The maximum Gasteiger partial charge on any atom is 0.184 e. The van der Waals surface area contributed by atoms with E-state index in [2.05, 4.69) is 0 Å². The molecule has 0 saturated carbocycles. The highest BCUT2D eigenvalue weighted by atomic mass is 16.7. The van der Waals surface area contributed by atoms with E-state index in [9.17, 15) is 9.90 Å². The first-order valence-corrected chi connectivity index (χ1v) is 5.29. The summed E-state index contributed by atoms with van der Waals surface area (Å²) in [7, 11) is 1.58. The van der Waals surface area contributed by atoms with E-state index in [1.807, 2.05) is 0 Å². The maximum atomic E-state index is 10.7. The number of aliphatic hydroxyl groups is 1. The molecule has 0 radical (unpaired) electrons. The monoisotopic (exact) mass is 238 g/mol. The van der Waals surface area contributed by atoms with Crippen molar-refractivity contribution >= 4 is 6.29 Å². The second kappa shape index (κ2) is 5.27. The van der Waals surface area contributed by atoms with Gasteiger partial charge in [-0.25, -0.2) is 0 Å². The minimum Gasteiger partial charge on any atom is -0.497 e. The van der Waals surface area contributed by atoms with Gasteiger partial charge in [0.1, 0.15) is 18.0 Å². The molecule has 1 heterocycles. The molecular formula is C12H14O5. The van der Waals surface area contributed by atoms with Crippen LogP contribution in [0.1, 0.15) is 11.9 Å². The zero-order valence-corrected chi connectivity index (χ0v) is 9.41. The number of ether oxygens (including phenoxy) is 3. The van der Waals surface area contributed by atoms with Crippen LogP contribution >= 0.6 is 0 Å². The minimum atomic E-state index is -0.901. The van der Waals surface area contributed by atoms with Crippen molar-refractivity contribution in [1.29, 1.82) is 0 Å². The van der Waals surface area contributed by atoms with Gasteiger partial charge in [0.25, 0.3) is 0 Å². The first-order chi connectivity index (χ1) is 8.24. The third-order valence-corrected chi connectivity index (χ3v) is 2.60. The van der Waals surface area contributed by atoms with Crippen LogP contribution in [0.25, 0.3) is 0 Å². The zero-order chi connectivity index (χ0) is 12.3. The lowest BCUT2D eigenvalue weighted by Gasteiger charge is -2.31. The van der Waals surface area contributed by atoms with Gasteiger partial charge in [0.15, 0.2) is 12.6 Å². The lowest BCUT2D eigenvalue weighted by molar-refractivity contribution is -0.246. The molecule has 17 heavy (non-hydrogen) atoms. The van der Waals surface area contributed by atoms with Gasteiger partial charge in [-0.2, -0.15) is 0 Å². The number of methoxy groups -OCH3 is 1. The molecule has 1 aliphatic heterocycles. The van der Waals surface area contributed by atoms with E-state index in [1.165, 1.54) is 0 Å². The second-order valence-corrected chi connectivity index (χ2v) is 3.74. The Morgan fingerprint density at radius 3 is 2.71 bits per heavy atom. The van der Waals surface area contributed by atoms with Crippen LogP contribution in [0.15, 0.2) is 24.3 Å². The van der Waals surface area contributed by atoms with Gasteiger partial charge in [0.2, 0.25) is 0 Å². The van der Waals surface area contributed by atoms with Crippen molar-refractivity contribution in [2.45, 2.75) is 18.5 Å². The van der Waals surface area contributed by atoms with Gasteiger partial charge < -0.3 is 24.1 Å². The Labute approximate surface area is 98.9 Å². The van der Waals surface area contributed by atoms with Crippen molar-refractivity contribution in [3.63, 3.8) is 0 Å². The highest BCUT2D eigenvalue weighted by Crippen LogP contribution is 2.27. The SMILES string of the molecule is COc1ccc([C@@H]2OC[C@@H](O)[C@H](C=O)O2)cc1. The molecule has 1 aromatic rings. The lowest BCUT2D eigenvalue weighted by atomic mass is 10.1. The second-order valence-electron chi connectivity index (χ2n) is 3.74. The number of hydrogen-bond acceptors (Lipinski definition) is 5. The molecule has 3 atom stereocenters. The summed E-state index contributed by atoms with van der Waals surface area (Å²) in [6, 6.07) is 7.15. The molecule has 1 aliphatic rings. The molecule has 5 heteroatoms. The molecule has 1 N–H and O–H groups in total. The largest absolute Gasteiger partial charge is 0.497 e. The third-order valence-electron chi connectivity index (χ3n) is 2.60. The highest BCUT2D eigenvalue weighted by Gasteiger charge is 2.31. The van der Waals surface area contributed by atoms with Crippen LogP contribution in [0.2, 0.25) is 0 Å². The summed E-state index contributed by atoms with van der Waals surface area (Å²) >= 11 is 0. The van der Waals surface area contributed by atoms with Crippen molar-refractivity contribution in [2.75, 3.05) is 13.7 Å². The van der Waals surface area contributed by atoms with Gasteiger partial charge in [-0.1, -0.05) is 12.1 Å². The van der Waals surface area contributed by atoms with E-state index < -0.39 is 18.5 Å². The molecule has 0 aliphatic carbocycles. The number of hydrogen-bond donors (Lipinski definition) is 1. The molecule has 92 valence electrons. The van der Waals surface area contributed by atoms with Gasteiger partial charge in [-0.15, -0.1) is 0 Å². The Bertz CT molecular complexity index is 375. The predicted octanol–water partition coefficient (Wildman–Crippen LogP) is 0.669. The van der Waals surface area contributed by atoms with Crippen LogP contribution in [-0.2, 0) is 14.3 Å². The topological polar surface area (TPSA) is 65.0 Å². The van der Waals surface area contributed by atoms with Crippen molar-refractivity contribution in [1.82, 2.24) is 0 Å². The Morgan fingerprint density at radius 2 is 2.12 bits per heavy atom.